The number of allylic oxidation sites excluding steroid dienone is 1. The second-order valence-corrected chi connectivity index (χ2v) is 20.6. The molecule has 6 N–H and O–H groups in total. The number of carbonyl (C=O) groups excluding carboxylic acids is 3. The van der Waals surface area contributed by atoms with E-state index in [0.717, 1.165) is 36.9 Å². The number of guanidine groups is 1. The summed E-state index contributed by atoms with van der Waals surface area (Å²) >= 11 is 12.7. The van der Waals surface area contributed by atoms with E-state index in [0.29, 0.717) is 82.2 Å². The van der Waals surface area contributed by atoms with Crippen LogP contribution in [0.15, 0.2) is 107 Å². The van der Waals surface area contributed by atoms with Crippen LogP contribution in [-0.2, 0) is 9.47 Å². The van der Waals surface area contributed by atoms with E-state index in [1.807, 2.05) is 109 Å². The molecule has 0 unspecified atom stereocenters. The molecule has 2 aliphatic heterocycles. The molecule has 20 nitrogen and oxygen atoms in total. The molecule has 7 aromatic rings. The molecule has 2 fully saturated rings. The van der Waals surface area contributed by atoms with Crippen molar-refractivity contribution in [1.82, 2.24) is 43.4 Å². The number of aromatic nitrogens is 6. The van der Waals surface area contributed by atoms with Gasteiger partial charge in [-0.25, -0.2) is 19.6 Å². The van der Waals surface area contributed by atoms with Gasteiger partial charge < -0.3 is 50.7 Å². The fourth-order valence-electron chi connectivity index (χ4n) is 8.07. The molecule has 2 aliphatic rings. The lowest BCUT2D eigenvalue weighted by atomic mass is 10.1. The van der Waals surface area contributed by atoms with Gasteiger partial charge in [0.15, 0.2) is 0 Å². The number of carbonyl (C=O) groups is 3. The molecule has 0 saturated carbocycles. The first-order chi connectivity index (χ1) is 35.1. The first kappa shape index (κ1) is 57.0. The normalized spacial score (nSPS) is 14.3. The summed E-state index contributed by atoms with van der Waals surface area (Å²) in [6.45, 7) is 13.8. The van der Waals surface area contributed by atoms with Gasteiger partial charge in [-0.3, -0.25) is 30.1 Å². The summed E-state index contributed by atoms with van der Waals surface area (Å²) in [6.07, 6.45) is 14.1. The maximum Gasteiger partial charge on any atom is 0.410 e. The SMILES string of the molecule is CC(C)(C)OC(=O)N1CCC(Nc2nccc(-c3c(-c4ccccc4Cl)nc4occn34)n2)CC1.CC(C)(C)OC(=O)N1CCC([NH+]=C(N)N)CC1.CN(C)C=CC(=O)c1c(-c2ccccc2Cl)nc2occn12.[Cl-]. The number of benzene rings is 2. The maximum absolute atomic E-state index is 12.6. The standard InChI is InChI=1S/C25H27ClN6O3.C16H14ClN3O2.C11H22N4O2.ClH/c1-25(2,3)35-24(33)31-12-9-16(10-13-31)28-22-27-11-8-19(29-22)21-20(17-6-4-5-7-18(17)26)30-23-32(21)14-15-34-23;1-19(2)8-7-13(21)15-14(11-5-3-4-6-12(11)17)18-16-20(15)9-10-22-16;1-11(2,3)17-10(16)15-6-4-8(5-7-15)14-9(12)13;/h4-8,11,14-16H,9-10,12-13H2,1-3H3,(H,27,28,29);3-10H,1-2H3;8H,4-7H2,1-3H3,(H4,12,13,14);1H. The van der Waals surface area contributed by atoms with Gasteiger partial charge in [0.05, 0.1) is 21.8 Å². The Hall–Kier alpha value is -7.29. The van der Waals surface area contributed by atoms with Gasteiger partial charge in [0, 0.05) is 88.3 Å². The summed E-state index contributed by atoms with van der Waals surface area (Å²) in [6, 6.07) is 17.1. The van der Waals surface area contributed by atoms with Gasteiger partial charge in [-0.1, -0.05) is 59.6 Å². The Morgan fingerprint density at radius 1 is 0.747 bits per heavy atom. The van der Waals surface area contributed by atoms with E-state index in [-0.39, 0.29) is 48.4 Å². The van der Waals surface area contributed by atoms with Crippen LogP contribution in [0.4, 0.5) is 15.5 Å². The molecule has 2 aromatic carbocycles. The van der Waals surface area contributed by atoms with Crippen LogP contribution in [0.2, 0.25) is 10.0 Å². The van der Waals surface area contributed by atoms with Crippen LogP contribution in [0, 0.1) is 0 Å². The molecule has 0 radical (unpaired) electrons. The number of hydrogen-bond donors (Lipinski definition) is 4. The number of oxazole rings is 2. The second kappa shape index (κ2) is 24.8. The Morgan fingerprint density at radius 3 is 1.79 bits per heavy atom. The Kier molecular flexibility index (Phi) is 18.9. The van der Waals surface area contributed by atoms with Crippen molar-refractivity contribution in [3.05, 3.63) is 114 Å². The number of halogens is 3. The van der Waals surface area contributed by atoms with E-state index in [1.54, 1.807) is 56.2 Å². The van der Waals surface area contributed by atoms with Crippen molar-refractivity contribution < 1.29 is 50.1 Å². The van der Waals surface area contributed by atoms with Gasteiger partial charge in [-0.15, -0.1) is 0 Å². The fraction of sp³-hybridized carbons (Fsp3) is 0.385. The van der Waals surface area contributed by atoms with Crippen LogP contribution >= 0.6 is 23.2 Å². The van der Waals surface area contributed by atoms with E-state index < -0.39 is 11.2 Å². The maximum atomic E-state index is 12.6. The summed E-state index contributed by atoms with van der Waals surface area (Å²) in [5.74, 6) is 1.40. The molecule has 400 valence electrons. The van der Waals surface area contributed by atoms with Crippen molar-refractivity contribution in [2.75, 3.05) is 45.6 Å². The summed E-state index contributed by atoms with van der Waals surface area (Å²) in [7, 11) is 3.70. The average Bonchev–Trinajstić information content (AvgIpc) is 4.14. The number of ether oxygens (including phenoxy) is 2. The molecular formula is C52H64Cl3N13O7. The van der Waals surface area contributed by atoms with Crippen molar-refractivity contribution in [3.8, 4) is 33.9 Å². The summed E-state index contributed by atoms with van der Waals surface area (Å²) in [5.41, 5.74) is 14.4. The Balaban J connectivity index is 0.000000197. The summed E-state index contributed by atoms with van der Waals surface area (Å²) in [4.78, 5) is 63.2. The highest BCUT2D eigenvalue weighted by atomic mass is 35.5. The van der Waals surface area contributed by atoms with Gasteiger partial charge >= 0.3 is 29.8 Å². The lowest BCUT2D eigenvalue weighted by molar-refractivity contribution is -0.509. The van der Waals surface area contributed by atoms with Gasteiger partial charge in [0.25, 0.3) is 0 Å². The number of amides is 2. The number of nitrogens with one attached hydrogen (secondary N) is 2. The molecular weight excluding hydrogens is 1030 g/mol. The number of fused-ring (bicyclic) bond motifs is 2. The third kappa shape index (κ3) is 15.2. The smallest absolute Gasteiger partial charge is 0.410 e. The van der Waals surface area contributed by atoms with Gasteiger partial charge in [0.2, 0.25) is 11.7 Å². The zero-order valence-corrected chi connectivity index (χ0v) is 45.5. The minimum atomic E-state index is -0.503. The van der Waals surface area contributed by atoms with Crippen molar-refractivity contribution in [3.63, 3.8) is 0 Å². The first-order valence-corrected chi connectivity index (χ1v) is 24.9. The molecule has 2 amide bonds. The van der Waals surface area contributed by atoms with Crippen molar-refractivity contribution in [1.29, 1.82) is 0 Å². The molecule has 2 saturated heterocycles. The number of likely N-dealkylation sites (tertiary alicyclic amines) is 2. The predicted molar refractivity (Wildman–Crippen MR) is 284 cm³/mol. The van der Waals surface area contributed by atoms with Crippen LogP contribution in [0.5, 0.6) is 0 Å². The van der Waals surface area contributed by atoms with E-state index in [4.69, 9.17) is 58.0 Å². The monoisotopic (exact) mass is 1090 g/mol. The van der Waals surface area contributed by atoms with Crippen molar-refractivity contribution in [2.45, 2.75) is 90.5 Å². The van der Waals surface area contributed by atoms with Crippen LogP contribution in [-0.4, -0.2) is 131 Å². The zero-order valence-electron chi connectivity index (χ0n) is 43.2. The number of imidazole rings is 2. The quantitative estimate of drug-likeness (QED) is 0.0659. The molecule has 0 spiro atoms. The fourth-order valence-corrected chi connectivity index (χ4v) is 8.52. The Labute approximate surface area is 451 Å². The number of piperidine rings is 2. The van der Waals surface area contributed by atoms with E-state index >= 15 is 0 Å². The van der Waals surface area contributed by atoms with Gasteiger partial charge in [-0.05, 0) is 85.4 Å². The summed E-state index contributed by atoms with van der Waals surface area (Å²) < 4.78 is 25.1. The molecule has 23 heteroatoms. The molecule has 75 heavy (non-hydrogen) atoms. The van der Waals surface area contributed by atoms with Gasteiger partial charge in [-0.2, -0.15) is 9.97 Å². The molecule has 0 aliphatic carbocycles. The highest BCUT2D eigenvalue weighted by molar-refractivity contribution is 6.34. The number of ketones is 1. The largest absolute Gasteiger partial charge is 1.00 e. The van der Waals surface area contributed by atoms with Crippen molar-refractivity contribution in [2.24, 2.45) is 11.5 Å². The number of hydrogen-bond acceptors (Lipinski definition) is 13. The molecule has 7 heterocycles. The minimum Gasteiger partial charge on any atom is -1.00 e. The third-order valence-corrected chi connectivity index (χ3v) is 12.1. The van der Waals surface area contributed by atoms with E-state index in [1.165, 1.54) is 12.3 Å². The van der Waals surface area contributed by atoms with E-state index in [9.17, 15) is 14.4 Å². The number of nitrogens with zero attached hydrogens (tertiary/aromatic N) is 9. The Morgan fingerprint density at radius 2 is 1.25 bits per heavy atom. The van der Waals surface area contributed by atoms with Gasteiger partial charge in [0.1, 0.15) is 46.5 Å². The molecule has 9 rings (SSSR count). The number of nitrogens with two attached hydrogens (primary N) is 2. The van der Waals surface area contributed by atoms with Crippen LogP contribution in [0.25, 0.3) is 45.6 Å². The van der Waals surface area contributed by atoms with E-state index in [2.05, 4.69) is 25.3 Å². The number of anilines is 1. The van der Waals surface area contributed by atoms with Crippen molar-refractivity contribution >= 4 is 64.8 Å². The minimum absolute atomic E-state index is 0. The highest BCUT2D eigenvalue weighted by Gasteiger charge is 2.29. The highest BCUT2D eigenvalue weighted by Crippen LogP contribution is 2.36. The molecule has 0 bridgehead atoms. The lowest BCUT2D eigenvalue weighted by Crippen LogP contribution is -3.00. The molecule has 0 atom stereocenters. The Bertz CT molecular complexity index is 3110. The van der Waals surface area contributed by atoms with Crippen LogP contribution in [0.1, 0.15) is 77.7 Å². The third-order valence-electron chi connectivity index (χ3n) is 11.4. The average molecular weight is 1090 g/mol. The summed E-state index contributed by atoms with van der Waals surface area (Å²) in [5, 5.41) is 4.56. The number of rotatable bonds is 9. The van der Waals surface area contributed by atoms with Crippen LogP contribution < -0.4 is 34.2 Å². The predicted octanol–water partition coefficient (Wildman–Crippen LogP) is 4.77. The second-order valence-electron chi connectivity index (χ2n) is 19.8. The zero-order chi connectivity index (χ0) is 53.3. The topological polar surface area (TPSA) is 244 Å². The first-order valence-electron chi connectivity index (χ1n) is 24.1. The molecule has 5 aromatic heterocycles. The lowest BCUT2D eigenvalue weighted by Gasteiger charge is -2.33. The van der Waals surface area contributed by atoms with Crippen LogP contribution in [0.3, 0.4) is 0 Å².